The van der Waals surface area contributed by atoms with E-state index in [0.29, 0.717) is 18.8 Å². The molecule has 10 heteroatoms. The van der Waals surface area contributed by atoms with Crippen LogP contribution in [0.4, 0.5) is 21.7 Å². The van der Waals surface area contributed by atoms with Crippen molar-refractivity contribution in [3.8, 4) is 22.4 Å². The fourth-order valence-electron chi connectivity index (χ4n) is 4.24. The number of aromatic nitrogens is 6. The first-order valence-corrected chi connectivity index (χ1v) is 10.6. The minimum absolute atomic E-state index is 0.530. The Kier molecular flexibility index (Phi) is 5.22. The summed E-state index contributed by atoms with van der Waals surface area (Å²) in [6.07, 6.45) is 5.06. The van der Waals surface area contributed by atoms with Crippen LogP contribution >= 0.6 is 0 Å². The lowest BCUT2D eigenvalue weighted by Crippen LogP contribution is -2.47. The van der Waals surface area contributed by atoms with Crippen LogP contribution in [0.2, 0.25) is 0 Å². The van der Waals surface area contributed by atoms with Gasteiger partial charge in [0.1, 0.15) is 6.33 Å². The molecule has 1 aliphatic heterocycles. The number of hydrogen-bond donors (Lipinski definition) is 0. The minimum atomic E-state index is -0.534. The molecule has 1 fully saturated rings. The van der Waals surface area contributed by atoms with Crippen LogP contribution in [0.5, 0.6) is 0 Å². The standard InChI is InChI=1S/C23H22FN9/c1-25-21-18(19-8-9-31(3)29-19)6-5-17(16-4-7-20(24)26-14-16)22(21)32-10-12-33(13-11-32)23-28-27-15-30(23)2/h4-9,14-15H,10-13H2,2-3H3. The Morgan fingerprint density at radius 3 is 2.33 bits per heavy atom. The summed E-state index contributed by atoms with van der Waals surface area (Å²) in [6.45, 7) is 10.9. The Labute approximate surface area is 190 Å². The second-order valence-corrected chi connectivity index (χ2v) is 7.93. The van der Waals surface area contributed by atoms with E-state index in [2.05, 4.69) is 34.9 Å². The second kappa shape index (κ2) is 8.35. The van der Waals surface area contributed by atoms with E-state index < -0.39 is 5.95 Å². The third-order valence-corrected chi connectivity index (χ3v) is 5.86. The molecule has 4 heterocycles. The molecule has 0 unspecified atom stereocenters. The highest BCUT2D eigenvalue weighted by molar-refractivity contribution is 5.96. The van der Waals surface area contributed by atoms with Gasteiger partial charge in [-0.15, -0.1) is 10.2 Å². The number of hydrogen-bond acceptors (Lipinski definition) is 6. The molecule has 166 valence electrons. The molecule has 0 radical (unpaired) electrons. The summed E-state index contributed by atoms with van der Waals surface area (Å²) in [4.78, 5) is 12.2. The maximum absolute atomic E-state index is 13.5. The van der Waals surface area contributed by atoms with Gasteiger partial charge in [-0.3, -0.25) is 4.68 Å². The van der Waals surface area contributed by atoms with Crippen LogP contribution < -0.4 is 9.80 Å². The summed E-state index contributed by atoms with van der Waals surface area (Å²) in [5.41, 5.74) is 4.48. The van der Waals surface area contributed by atoms with Gasteiger partial charge in [0.05, 0.1) is 18.0 Å². The zero-order chi connectivity index (χ0) is 22.9. The lowest BCUT2D eigenvalue weighted by molar-refractivity contribution is 0.584. The SMILES string of the molecule is [C-]#[N+]c1c(-c2ccn(C)n2)ccc(-c2ccc(F)nc2)c1N1CCN(c2nncn2C)CC1. The molecule has 0 bridgehead atoms. The van der Waals surface area contributed by atoms with Gasteiger partial charge < -0.3 is 14.4 Å². The lowest BCUT2D eigenvalue weighted by Gasteiger charge is -2.38. The molecule has 0 aliphatic carbocycles. The number of piperazine rings is 1. The fourth-order valence-corrected chi connectivity index (χ4v) is 4.24. The van der Waals surface area contributed by atoms with Crippen LogP contribution in [0.15, 0.2) is 49.1 Å². The highest BCUT2D eigenvalue weighted by atomic mass is 19.1. The first-order chi connectivity index (χ1) is 16.0. The molecule has 0 saturated carbocycles. The van der Waals surface area contributed by atoms with Crippen LogP contribution in [-0.2, 0) is 14.1 Å². The summed E-state index contributed by atoms with van der Waals surface area (Å²) in [5, 5.41) is 12.7. The van der Waals surface area contributed by atoms with Crippen LogP contribution in [0.3, 0.4) is 0 Å². The van der Waals surface area contributed by atoms with E-state index in [1.165, 1.54) is 12.3 Å². The van der Waals surface area contributed by atoms with Crippen molar-refractivity contribution in [2.45, 2.75) is 0 Å². The number of anilines is 2. The van der Waals surface area contributed by atoms with Crippen molar-refractivity contribution in [3.05, 3.63) is 66.4 Å². The largest absolute Gasteiger partial charge is 0.376 e. The van der Waals surface area contributed by atoms with Gasteiger partial charge in [0.2, 0.25) is 17.6 Å². The average Bonchev–Trinajstić information content (AvgIpc) is 3.47. The maximum atomic E-state index is 13.5. The van der Waals surface area contributed by atoms with E-state index in [4.69, 9.17) is 6.57 Å². The van der Waals surface area contributed by atoms with Gasteiger partial charge in [-0.25, -0.2) is 9.83 Å². The number of nitrogens with zero attached hydrogens (tertiary/aromatic N) is 9. The van der Waals surface area contributed by atoms with Crippen molar-refractivity contribution < 1.29 is 4.39 Å². The van der Waals surface area contributed by atoms with Crippen LogP contribution in [0.25, 0.3) is 27.2 Å². The molecule has 0 amide bonds. The summed E-state index contributed by atoms with van der Waals surface area (Å²) in [6, 6.07) is 8.82. The number of halogens is 1. The van der Waals surface area contributed by atoms with Gasteiger partial charge in [-0.2, -0.15) is 9.49 Å². The van der Waals surface area contributed by atoms with E-state index in [-0.39, 0.29) is 0 Å². The Hall–Kier alpha value is -4.26. The van der Waals surface area contributed by atoms with Crippen LogP contribution in [-0.4, -0.2) is 55.7 Å². The predicted octanol–water partition coefficient (Wildman–Crippen LogP) is 3.29. The van der Waals surface area contributed by atoms with Crippen molar-refractivity contribution in [3.63, 3.8) is 0 Å². The quantitative estimate of drug-likeness (QED) is 0.356. The van der Waals surface area contributed by atoms with Crippen LogP contribution in [0, 0.1) is 12.5 Å². The second-order valence-electron chi connectivity index (χ2n) is 7.93. The number of rotatable bonds is 4. The van der Waals surface area contributed by atoms with Gasteiger partial charge in [-0.1, -0.05) is 12.1 Å². The molecule has 0 atom stereocenters. The third-order valence-electron chi connectivity index (χ3n) is 5.86. The van der Waals surface area contributed by atoms with E-state index in [0.717, 1.165) is 47.1 Å². The van der Waals surface area contributed by atoms with E-state index in [1.807, 2.05) is 43.1 Å². The Morgan fingerprint density at radius 2 is 1.73 bits per heavy atom. The predicted molar refractivity (Wildman–Crippen MR) is 124 cm³/mol. The summed E-state index contributed by atoms with van der Waals surface area (Å²) < 4.78 is 17.1. The fraction of sp³-hybridized carbons (Fsp3) is 0.261. The Bertz CT molecular complexity index is 1320. The number of pyridine rings is 1. The van der Waals surface area contributed by atoms with Crippen LogP contribution in [0.1, 0.15) is 0 Å². The van der Waals surface area contributed by atoms with Crippen molar-refractivity contribution in [2.75, 3.05) is 36.0 Å². The maximum Gasteiger partial charge on any atom is 0.226 e. The summed E-state index contributed by atoms with van der Waals surface area (Å²) in [7, 11) is 3.78. The number of benzene rings is 1. The molecule has 0 spiro atoms. The Morgan fingerprint density at radius 1 is 0.970 bits per heavy atom. The van der Waals surface area contributed by atoms with Crippen molar-refractivity contribution in [2.24, 2.45) is 14.1 Å². The zero-order valence-electron chi connectivity index (χ0n) is 18.4. The van der Waals surface area contributed by atoms with Crippen molar-refractivity contribution >= 4 is 17.3 Å². The van der Waals surface area contributed by atoms with E-state index in [1.54, 1.807) is 17.1 Å². The molecule has 1 aliphatic rings. The van der Waals surface area contributed by atoms with Gasteiger partial charge in [0.25, 0.3) is 0 Å². The monoisotopic (exact) mass is 443 g/mol. The molecule has 1 aromatic carbocycles. The highest BCUT2D eigenvalue weighted by Gasteiger charge is 2.26. The average molecular weight is 443 g/mol. The molecule has 0 N–H and O–H groups in total. The zero-order valence-corrected chi connectivity index (χ0v) is 18.4. The summed E-state index contributed by atoms with van der Waals surface area (Å²) >= 11 is 0. The molecule has 5 rings (SSSR count). The highest BCUT2D eigenvalue weighted by Crippen LogP contribution is 2.45. The minimum Gasteiger partial charge on any atom is -0.376 e. The topological polar surface area (TPSA) is 72.3 Å². The van der Waals surface area contributed by atoms with E-state index in [9.17, 15) is 4.39 Å². The lowest BCUT2D eigenvalue weighted by atomic mass is 9.98. The van der Waals surface area contributed by atoms with Gasteiger partial charge in [0, 0.05) is 63.8 Å². The normalized spacial score (nSPS) is 13.9. The van der Waals surface area contributed by atoms with E-state index >= 15 is 0 Å². The van der Waals surface area contributed by atoms with Crippen molar-refractivity contribution in [1.82, 2.24) is 29.5 Å². The van der Waals surface area contributed by atoms with Gasteiger partial charge in [0.15, 0.2) is 0 Å². The molecule has 3 aromatic heterocycles. The molecular formula is C23H22FN9. The first kappa shape index (κ1) is 20.6. The van der Waals surface area contributed by atoms with Gasteiger partial charge >= 0.3 is 0 Å². The molecular weight excluding hydrogens is 421 g/mol. The third kappa shape index (κ3) is 3.78. The summed E-state index contributed by atoms with van der Waals surface area (Å²) in [5.74, 6) is 0.290. The molecule has 33 heavy (non-hydrogen) atoms. The number of aryl methyl sites for hydroxylation is 2. The molecule has 9 nitrogen and oxygen atoms in total. The molecule has 1 saturated heterocycles. The Balaban J connectivity index is 1.58. The van der Waals surface area contributed by atoms with Crippen molar-refractivity contribution in [1.29, 1.82) is 0 Å². The van der Waals surface area contributed by atoms with Gasteiger partial charge in [-0.05, 0) is 23.8 Å². The first-order valence-electron chi connectivity index (χ1n) is 10.6. The molecule has 4 aromatic rings. The smallest absolute Gasteiger partial charge is 0.226 e.